The summed E-state index contributed by atoms with van der Waals surface area (Å²) in [5, 5.41) is 0.134. The first kappa shape index (κ1) is 15.0. The fourth-order valence-corrected chi connectivity index (χ4v) is 3.90. The average Bonchev–Trinajstić information content (AvgIpc) is 2.79. The largest absolute Gasteiger partial charge is 0.366 e. The zero-order valence-corrected chi connectivity index (χ0v) is 12.8. The lowest BCUT2D eigenvalue weighted by Crippen LogP contribution is -2.14. The molecule has 1 amide bonds. The number of halogens is 2. The van der Waals surface area contributed by atoms with Gasteiger partial charge < -0.3 is 5.73 Å². The van der Waals surface area contributed by atoms with Crippen LogP contribution in [0.5, 0.6) is 0 Å². The summed E-state index contributed by atoms with van der Waals surface area (Å²) in [6.45, 7) is 0. The number of hydrogen-bond acceptors (Lipinski definition) is 5. The number of thiazole rings is 1. The van der Waals surface area contributed by atoms with E-state index < -0.39 is 15.9 Å². The number of nitrogens with two attached hydrogens (primary N) is 1. The Kier molecular flexibility index (Phi) is 4.19. The van der Waals surface area contributed by atoms with Gasteiger partial charge in [-0.2, -0.15) is 0 Å². The highest BCUT2D eigenvalue weighted by Crippen LogP contribution is 2.28. The Labute approximate surface area is 128 Å². The van der Waals surface area contributed by atoms with Crippen molar-refractivity contribution in [2.45, 2.75) is 4.21 Å². The van der Waals surface area contributed by atoms with E-state index in [0.717, 1.165) is 17.5 Å². The van der Waals surface area contributed by atoms with Crippen LogP contribution in [0.25, 0.3) is 0 Å². The number of carbonyl (C=O) groups is 1. The van der Waals surface area contributed by atoms with E-state index in [0.29, 0.717) is 0 Å². The number of primary amides is 1. The molecule has 6 nitrogen and oxygen atoms in total. The maximum absolute atomic E-state index is 12.1. The molecule has 0 aliphatic carbocycles. The van der Waals surface area contributed by atoms with E-state index in [4.69, 9.17) is 28.9 Å². The van der Waals surface area contributed by atoms with Crippen molar-refractivity contribution in [1.82, 2.24) is 4.98 Å². The molecule has 10 heteroatoms. The molecule has 0 unspecified atom stereocenters. The number of anilines is 1. The minimum absolute atomic E-state index is 0.0486. The monoisotopic (exact) mass is 351 g/mol. The fraction of sp³-hybridized carbons (Fsp3) is 0. The Hall–Kier alpha value is -1.35. The number of nitrogens with zero attached hydrogens (tertiary/aromatic N) is 1. The molecule has 0 aliphatic rings. The van der Waals surface area contributed by atoms with Gasteiger partial charge in [0.1, 0.15) is 0 Å². The van der Waals surface area contributed by atoms with Crippen LogP contribution in [-0.2, 0) is 10.0 Å². The Morgan fingerprint density at radius 2 is 2.05 bits per heavy atom. The molecule has 0 bridgehead atoms. The standard InChI is InChI=1S/C10H7Cl2N3O3S2/c11-6-2-1-5(9(13)16)3-7(6)15-20(17,18)8-4-14-10(12)19-8/h1-4,15H,(H2,13,16). The van der Waals surface area contributed by atoms with Crippen LogP contribution in [0.1, 0.15) is 10.4 Å². The van der Waals surface area contributed by atoms with E-state index in [2.05, 4.69) is 9.71 Å². The van der Waals surface area contributed by atoms with Crippen LogP contribution in [-0.4, -0.2) is 19.3 Å². The molecule has 0 atom stereocenters. The average molecular weight is 352 g/mol. The predicted molar refractivity (Wildman–Crippen MR) is 77.9 cm³/mol. The van der Waals surface area contributed by atoms with Crippen molar-refractivity contribution in [3.63, 3.8) is 0 Å². The number of sulfonamides is 1. The number of amides is 1. The van der Waals surface area contributed by atoms with E-state index in [1.54, 1.807) is 0 Å². The first-order chi connectivity index (χ1) is 9.29. The quantitative estimate of drug-likeness (QED) is 0.882. The van der Waals surface area contributed by atoms with Gasteiger partial charge in [-0.25, -0.2) is 13.4 Å². The molecule has 2 rings (SSSR count). The lowest BCUT2D eigenvalue weighted by Gasteiger charge is -2.08. The Morgan fingerprint density at radius 1 is 1.35 bits per heavy atom. The lowest BCUT2D eigenvalue weighted by atomic mass is 10.2. The molecular weight excluding hydrogens is 345 g/mol. The van der Waals surface area contributed by atoms with Crippen molar-refractivity contribution in [3.05, 3.63) is 39.4 Å². The molecule has 0 saturated heterocycles. The summed E-state index contributed by atoms with van der Waals surface area (Å²) in [5.41, 5.74) is 5.31. The zero-order valence-electron chi connectivity index (χ0n) is 9.63. The second-order valence-corrected chi connectivity index (χ2v) is 7.53. The second-order valence-electron chi connectivity index (χ2n) is 3.60. The number of rotatable bonds is 4. The molecule has 0 radical (unpaired) electrons. The Bertz CT molecular complexity index is 774. The van der Waals surface area contributed by atoms with Gasteiger partial charge >= 0.3 is 0 Å². The van der Waals surface area contributed by atoms with Crippen molar-refractivity contribution in [2.24, 2.45) is 5.73 Å². The first-order valence-electron chi connectivity index (χ1n) is 5.03. The lowest BCUT2D eigenvalue weighted by molar-refractivity contribution is 0.100. The van der Waals surface area contributed by atoms with Crippen molar-refractivity contribution in [2.75, 3.05) is 4.72 Å². The summed E-state index contributed by atoms with van der Waals surface area (Å²) >= 11 is 12.3. The summed E-state index contributed by atoms with van der Waals surface area (Å²) in [4.78, 5) is 14.7. The van der Waals surface area contributed by atoms with Crippen LogP contribution < -0.4 is 10.5 Å². The summed E-state index contributed by atoms with van der Waals surface area (Å²) in [6.07, 6.45) is 1.13. The Morgan fingerprint density at radius 3 is 2.60 bits per heavy atom. The summed E-state index contributed by atoms with van der Waals surface area (Å²) in [6, 6.07) is 4.02. The molecule has 1 aromatic carbocycles. The maximum Gasteiger partial charge on any atom is 0.273 e. The van der Waals surface area contributed by atoms with Crippen LogP contribution in [0.3, 0.4) is 0 Å². The van der Waals surface area contributed by atoms with Gasteiger partial charge in [-0.05, 0) is 18.2 Å². The summed E-state index contributed by atoms with van der Waals surface area (Å²) in [7, 11) is -3.87. The fourth-order valence-electron chi connectivity index (χ4n) is 1.32. The molecule has 3 N–H and O–H groups in total. The number of benzene rings is 1. The van der Waals surface area contributed by atoms with Crippen molar-refractivity contribution in [3.8, 4) is 0 Å². The zero-order chi connectivity index (χ0) is 14.9. The van der Waals surface area contributed by atoms with Gasteiger partial charge in [0, 0.05) is 5.56 Å². The predicted octanol–water partition coefficient (Wildman–Crippen LogP) is 2.35. The summed E-state index contributed by atoms with van der Waals surface area (Å²) in [5.74, 6) is -0.692. The number of carbonyl (C=O) groups excluding carboxylic acids is 1. The van der Waals surface area contributed by atoms with Crippen LogP contribution in [0.4, 0.5) is 5.69 Å². The second kappa shape index (κ2) is 5.57. The summed E-state index contributed by atoms with van der Waals surface area (Å²) < 4.78 is 26.4. The van der Waals surface area contributed by atoms with Crippen molar-refractivity contribution >= 4 is 56.2 Å². The Balaban J connectivity index is 2.39. The van der Waals surface area contributed by atoms with Crippen LogP contribution in [0, 0.1) is 0 Å². The van der Waals surface area contributed by atoms with E-state index >= 15 is 0 Å². The van der Waals surface area contributed by atoms with Crippen molar-refractivity contribution < 1.29 is 13.2 Å². The third-order valence-electron chi connectivity index (χ3n) is 2.22. The molecule has 106 valence electrons. The highest BCUT2D eigenvalue weighted by molar-refractivity contribution is 7.94. The highest BCUT2D eigenvalue weighted by Gasteiger charge is 2.19. The van der Waals surface area contributed by atoms with Gasteiger partial charge in [0.25, 0.3) is 10.0 Å². The maximum atomic E-state index is 12.1. The number of hydrogen-bond donors (Lipinski definition) is 2. The SMILES string of the molecule is NC(=O)c1ccc(Cl)c(NS(=O)(=O)c2cnc(Cl)s2)c1. The first-order valence-corrected chi connectivity index (χ1v) is 8.08. The highest BCUT2D eigenvalue weighted by atomic mass is 35.5. The molecule has 20 heavy (non-hydrogen) atoms. The van der Waals surface area contributed by atoms with E-state index in [9.17, 15) is 13.2 Å². The molecule has 0 spiro atoms. The normalized spacial score (nSPS) is 11.3. The third kappa shape index (κ3) is 3.21. The van der Waals surface area contributed by atoms with Crippen LogP contribution in [0.15, 0.2) is 28.6 Å². The molecule has 2 aromatic rings. The molecule has 1 heterocycles. The molecule has 0 aliphatic heterocycles. The van der Waals surface area contributed by atoms with Gasteiger partial charge in [-0.15, -0.1) is 0 Å². The van der Waals surface area contributed by atoms with Gasteiger partial charge in [0.15, 0.2) is 8.68 Å². The van der Waals surface area contributed by atoms with Crippen LogP contribution >= 0.6 is 34.5 Å². The third-order valence-corrected chi connectivity index (χ3v) is 5.49. The topological polar surface area (TPSA) is 102 Å². The van der Waals surface area contributed by atoms with Gasteiger partial charge in [0.05, 0.1) is 16.9 Å². The van der Waals surface area contributed by atoms with E-state index in [-0.39, 0.29) is 24.9 Å². The van der Waals surface area contributed by atoms with E-state index in [1.165, 1.54) is 18.2 Å². The van der Waals surface area contributed by atoms with Gasteiger partial charge in [-0.3, -0.25) is 9.52 Å². The minimum atomic E-state index is -3.87. The molecule has 0 saturated carbocycles. The molecule has 0 fully saturated rings. The molecule has 1 aromatic heterocycles. The smallest absolute Gasteiger partial charge is 0.273 e. The van der Waals surface area contributed by atoms with Crippen molar-refractivity contribution in [1.29, 1.82) is 0 Å². The molecular formula is C10H7Cl2N3O3S2. The van der Waals surface area contributed by atoms with Crippen LogP contribution in [0.2, 0.25) is 9.49 Å². The van der Waals surface area contributed by atoms with Gasteiger partial charge in [-0.1, -0.05) is 34.5 Å². The number of nitrogens with one attached hydrogen (secondary N) is 1. The van der Waals surface area contributed by atoms with Gasteiger partial charge in [0.2, 0.25) is 5.91 Å². The number of aromatic nitrogens is 1. The minimum Gasteiger partial charge on any atom is -0.366 e. The van der Waals surface area contributed by atoms with E-state index in [1.807, 2.05) is 0 Å².